The number of benzene rings is 2. The molecule has 4 N–H and O–H groups in total. The molecule has 0 aliphatic rings. The van der Waals surface area contributed by atoms with E-state index in [1.165, 1.54) is 11.1 Å². The maximum atomic E-state index is 5.86. The fourth-order valence-electron chi connectivity index (χ4n) is 2.07. The molecule has 0 aliphatic heterocycles. The molecule has 0 radical (unpaired) electrons. The Morgan fingerprint density at radius 3 is 2.35 bits per heavy atom. The van der Waals surface area contributed by atoms with Gasteiger partial charge in [-0.3, -0.25) is 0 Å². The van der Waals surface area contributed by atoms with Gasteiger partial charge < -0.3 is 11.5 Å². The van der Waals surface area contributed by atoms with E-state index in [4.69, 9.17) is 11.5 Å². The predicted molar refractivity (Wildman–Crippen MR) is 72.8 cm³/mol. The first-order chi connectivity index (χ1) is 8.29. The Morgan fingerprint density at radius 1 is 0.941 bits per heavy atom. The average molecular weight is 226 g/mol. The summed E-state index contributed by atoms with van der Waals surface area (Å²) in [5.41, 5.74) is 15.0. The van der Waals surface area contributed by atoms with Crippen LogP contribution in [0, 0.1) is 0 Å². The summed E-state index contributed by atoms with van der Waals surface area (Å²) in [7, 11) is 0. The summed E-state index contributed by atoms with van der Waals surface area (Å²) in [6.45, 7) is 0.652. The van der Waals surface area contributed by atoms with Crippen LogP contribution in [-0.2, 0) is 6.42 Å². The van der Waals surface area contributed by atoms with E-state index in [1.807, 2.05) is 24.3 Å². The summed E-state index contributed by atoms with van der Waals surface area (Å²) in [6.07, 6.45) is 0.936. The molecule has 0 spiro atoms. The number of hydrogen-bond donors (Lipinski definition) is 2. The monoisotopic (exact) mass is 226 g/mol. The van der Waals surface area contributed by atoms with Crippen molar-refractivity contribution in [2.24, 2.45) is 5.73 Å². The Morgan fingerprint density at radius 2 is 1.71 bits per heavy atom. The van der Waals surface area contributed by atoms with Gasteiger partial charge in [-0.1, -0.05) is 42.5 Å². The van der Waals surface area contributed by atoms with Crippen molar-refractivity contribution < 1.29 is 0 Å². The highest BCUT2D eigenvalue weighted by molar-refractivity contribution is 5.41. The van der Waals surface area contributed by atoms with E-state index < -0.39 is 0 Å². The fourth-order valence-corrected chi connectivity index (χ4v) is 2.07. The van der Waals surface area contributed by atoms with Gasteiger partial charge in [-0.15, -0.1) is 0 Å². The fraction of sp³-hybridized carbons (Fsp3) is 0.200. The van der Waals surface area contributed by atoms with Crippen LogP contribution in [-0.4, -0.2) is 6.54 Å². The molecule has 1 atom stereocenters. The van der Waals surface area contributed by atoms with E-state index in [2.05, 4.69) is 30.3 Å². The quantitative estimate of drug-likeness (QED) is 0.787. The molecule has 2 heteroatoms. The van der Waals surface area contributed by atoms with Crippen molar-refractivity contribution in [3.8, 4) is 0 Å². The molecule has 0 amide bonds. The van der Waals surface area contributed by atoms with Gasteiger partial charge in [0.2, 0.25) is 0 Å². The highest BCUT2D eigenvalue weighted by Gasteiger charge is 2.10. The molecule has 88 valence electrons. The second kappa shape index (κ2) is 5.51. The Hall–Kier alpha value is -1.80. The average Bonchev–Trinajstić information content (AvgIpc) is 2.37. The predicted octanol–water partition coefficient (Wildman–Crippen LogP) is 2.55. The highest BCUT2D eigenvalue weighted by Crippen LogP contribution is 2.20. The SMILES string of the molecule is NCC(Cc1cccc(N)c1)c1ccccc1. The number of rotatable bonds is 4. The third-order valence-electron chi connectivity index (χ3n) is 2.99. The smallest absolute Gasteiger partial charge is 0.0316 e. The summed E-state index contributed by atoms with van der Waals surface area (Å²) in [5, 5.41) is 0. The largest absolute Gasteiger partial charge is 0.399 e. The number of hydrogen-bond acceptors (Lipinski definition) is 2. The Bertz CT molecular complexity index is 465. The molecule has 2 nitrogen and oxygen atoms in total. The van der Waals surface area contributed by atoms with Gasteiger partial charge in [0.15, 0.2) is 0 Å². The minimum atomic E-state index is 0.359. The van der Waals surface area contributed by atoms with Crippen molar-refractivity contribution in [1.29, 1.82) is 0 Å². The molecule has 0 saturated carbocycles. The molecule has 17 heavy (non-hydrogen) atoms. The van der Waals surface area contributed by atoms with Gasteiger partial charge in [0.05, 0.1) is 0 Å². The maximum absolute atomic E-state index is 5.86. The van der Waals surface area contributed by atoms with Crippen LogP contribution in [0.4, 0.5) is 5.69 Å². The van der Waals surface area contributed by atoms with Crippen LogP contribution in [0.2, 0.25) is 0 Å². The molecule has 0 aromatic heterocycles. The third-order valence-corrected chi connectivity index (χ3v) is 2.99. The van der Waals surface area contributed by atoms with Crippen LogP contribution in [0.1, 0.15) is 17.0 Å². The lowest BCUT2D eigenvalue weighted by atomic mass is 9.92. The number of nitrogens with two attached hydrogens (primary N) is 2. The van der Waals surface area contributed by atoms with Gasteiger partial charge in [0, 0.05) is 11.6 Å². The Kier molecular flexibility index (Phi) is 3.78. The Balaban J connectivity index is 2.16. The van der Waals surface area contributed by atoms with Crippen molar-refractivity contribution >= 4 is 5.69 Å². The minimum absolute atomic E-state index is 0.359. The van der Waals surface area contributed by atoms with Crippen LogP contribution in [0.5, 0.6) is 0 Å². The Labute approximate surface area is 102 Å². The molecule has 0 heterocycles. The summed E-state index contributed by atoms with van der Waals surface area (Å²) >= 11 is 0. The van der Waals surface area contributed by atoms with E-state index >= 15 is 0 Å². The minimum Gasteiger partial charge on any atom is -0.399 e. The maximum Gasteiger partial charge on any atom is 0.0316 e. The van der Waals surface area contributed by atoms with Crippen LogP contribution < -0.4 is 11.5 Å². The van der Waals surface area contributed by atoms with E-state index in [0.29, 0.717) is 12.5 Å². The topological polar surface area (TPSA) is 52.0 Å². The zero-order valence-electron chi connectivity index (χ0n) is 9.84. The second-order valence-corrected chi connectivity index (χ2v) is 4.29. The van der Waals surface area contributed by atoms with Gasteiger partial charge in [0.1, 0.15) is 0 Å². The van der Waals surface area contributed by atoms with E-state index in [-0.39, 0.29) is 0 Å². The first-order valence-corrected chi connectivity index (χ1v) is 5.89. The van der Waals surface area contributed by atoms with Crippen molar-refractivity contribution in [1.82, 2.24) is 0 Å². The first kappa shape index (κ1) is 11.7. The normalized spacial score (nSPS) is 12.3. The van der Waals surface area contributed by atoms with Gasteiger partial charge in [-0.25, -0.2) is 0 Å². The lowest BCUT2D eigenvalue weighted by Gasteiger charge is -2.15. The standard InChI is InChI=1S/C15H18N2/c16-11-14(13-6-2-1-3-7-13)9-12-5-4-8-15(17)10-12/h1-8,10,14H,9,11,16-17H2. The summed E-state index contributed by atoms with van der Waals surface area (Å²) in [4.78, 5) is 0. The van der Waals surface area contributed by atoms with E-state index in [1.54, 1.807) is 0 Å². The highest BCUT2D eigenvalue weighted by atomic mass is 14.6. The third kappa shape index (κ3) is 3.08. The lowest BCUT2D eigenvalue weighted by Crippen LogP contribution is -2.15. The lowest BCUT2D eigenvalue weighted by molar-refractivity contribution is 0.694. The molecule has 0 saturated heterocycles. The molecule has 0 bridgehead atoms. The van der Waals surface area contributed by atoms with Gasteiger partial charge in [0.25, 0.3) is 0 Å². The molecule has 2 rings (SSSR count). The summed E-state index contributed by atoms with van der Waals surface area (Å²) < 4.78 is 0. The molecule has 2 aromatic carbocycles. The molecule has 2 aromatic rings. The number of anilines is 1. The van der Waals surface area contributed by atoms with Gasteiger partial charge in [-0.05, 0) is 36.2 Å². The van der Waals surface area contributed by atoms with Gasteiger partial charge in [-0.2, -0.15) is 0 Å². The molecular weight excluding hydrogens is 208 g/mol. The molecule has 1 unspecified atom stereocenters. The van der Waals surface area contributed by atoms with Crippen LogP contribution in [0.15, 0.2) is 54.6 Å². The molecular formula is C15H18N2. The summed E-state index contributed by atoms with van der Waals surface area (Å²) in [6, 6.07) is 18.4. The number of nitrogen functional groups attached to an aromatic ring is 1. The first-order valence-electron chi connectivity index (χ1n) is 5.89. The van der Waals surface area contributed by atoms with Crippen molar-refractivity contribution in [2.45, 2.75) is 12.3 Å². The van der Waals surface area contributed by atoms with Gasteiger partial charge >= 0.3 is 0 Å². The summed E-state index contributed by atoms with van der Waals surface area (Å²) in [5.74, 6) is 0.359. The van der Waals surface area contributed by atoms with Crippen molar-refractivity contribution in [3.05, 3.63) is 65.7 Å². The zero-order valence-corrected chi connectivity index (χ0v) is 9.84. The van der Waals surface area contributed by atoms with Crippen molar-refractivity contribution in [2.75, 3.05) is 12.3 Å². The second-order valence-electron chi connectivity index (χ2n) is 4.29. The zero-order chi connectivity index (χ0) is 12.1. The molecule has 0 aliphatic carbocycles. The van der Waals surface area contributed by atoms with Crippen LogP contribution in [0.25, 0.3) is 0 Å². The van der Waals surface area contributed by atoms with Crippen LogP contribution in [0.3, 0.4) is 0 Å². The molecule has 0 fully saturated rings. The van der Waals surface area contributed by atoms with E-state index in [0.717, 1.165) is 12.1 Å². The van der Waals surface area contributed by atoms with E-state index in [9.17, 15) is 0 Å². The van der Waals surface area contributed by atoms with Crippen molar-refractivity contribution in [3.63, 3.8) is 0 Å². The van der Waals surface area contributed by atoms with Crippen LogP contribution >= 0.6 is 0 Å².